The van der Waals surface area contributed by atoms with E-state index in [2.05, 4.69) is 42.5 Å². The number of thiophene rings is 1. The Balaban J connectivity index is 1.89. The number of rotatable bonds is 4. The maximum Gasteiger partial charge on any atom is 0.133 e. The van der Waals surface area contributed by atoms with Crippen LogP contribution in [0.3, 0.4) is 0 Å². The second kappa shape index (κ2) is 5.47. The molecule has 0 saturated heterocycles. The Bertz CT molecular complexity index is 744. The van der Waals surface area contributed by atoms with Gasteiger partial charge in [-0.2, -0.15) is 0 Å². The first-order valence-corrected chi connectivity index (χ1v) is 7.45. The molecule has 0 radical (unpaired) electrons. The molecular weight excluding hydrogens is 264 g/mol. The van der Waals surface area contributed by atoms with Crippen molar-refractivity contribution in [2.45, 2.75) is 12.8 Å². The second-order valence-corrected chi connectivity index (χ2v) is 5.92. The van der Waals surface area contributed by atoms with E-state index in [1.807, 2.05) is 12.1 Å². The smallest absolute Gasteiger partial charge is 0.133 e. The third kappa shape index (κ3) is 2.58. The van der Waals surface area contributed by atoms with E-state index in [4.69, 9.17) is 11.1 Å². The number of nitrogens with two attached hydrogens (primary N) is 1. The maximum absolute atomic E-state index is 7.56. The van der Waals surface area contributed by atoms with E-state index in [-0.39, 0.29) is 5.84 Å². The Morgan fingerprint density at radius 3 is 2.55 bits per heavy atom. The van der Waals surface area contributed by atoms with Crippen LogP contribution in [0.4, 0.5) is 0 Å². The van der Waals surface area contributed by atoms with Crippen molar-refractivity contribution in [2.24, 2.45) is 5.73 Å². The summed E-state index contributed by atoms with van der Waals surface area (Å²) in [6.07, 6.45) is 2.04. The average molecular weight is 280 g/mol. The first-order chi connectivity index (χ1) is 9.74. The molecule has 0 unspecified atom stereocenters. The van der Waals surface area contributed by atoms with Gasteiger partial charge in [0.25, 0.3) is 0 Å². The molecule has 3 aromatic rings. The van der Waals surface area contributed by atoms with E-state index in [0.29, 0.717) is 0 Å². The summed E-state index contributed by atoms with van der Waals surface area (Å²) in [6.45, 7) is 0. The molecule has 3 heteroatoms. The molecule has 0 aliphatic rings. The van der Waals surface area contributed by atoms with Crippen molar-refractivity contribution in [1.82, 2.24) is 0 Å². The highest BCUT2D eigenvalue weighted by molar-refractivity contribution is 7.20. The monoisotopic (exact) mass is 280 g/mol. The number of hydrogen-bond acceptors (Lipinski definition) is 2. The number of nitrogen functional groups attached to an aromatic ring is 1. The van der Waals surface area contributed by atoms with Crippen molar-refractivity contribution < 1.29 is 0 Å². The van der Waals surface area contributed by atoms with Gasteiger partial charge in [-0.3, -0.25) is 5.41 Å². The van der Waals surface area contributed by atoms with E-state index in [1.54, 1.807) is 11.3 Å². The summed E-state index contributed by atoms with van der Waals surface area (Å²) in [4.78, 5) is 0.854. The fourth-order valence-electron chi connectivity index (χ4n) is 2.40. The summed E-state index contributed by atoms with van der Waals surface area (Å²) >= 11 is 1.59. The van der Waals surface area contributed by atoms with Crippen LogP contribution in [0.1, 0.15) is 16.0 Å². The first-order valence-electron chi connectivity index (χ1n) is 6.64. The van der Waals surface area contributed by atoms with Gasteiger partial charge in [0.1, 0.15) is 5.84 Å². The Kier molecular flexibility index (Phi) is 3.52. The molecule has 3 N–H and O–H groups in total. The summed E-state index contributed by atoms with van der Waals surface area (Å²) < 4.78 is 1.21. The summed E-state index contributed by atoms with van der Waals surface area (Å²) in [5.41, 5.74) is 8.27. The predicted octanol–water partition coefficient (Wildman–Crippen LogP) is 3.97. The third-order valence-corrected chi connectivity index (χ3v) is 4.58. The molecule has 0 spiro atoms. The Hall–Kier alpha value is -2.13. The van der Waals surface area contributed by atoms with Crippen molar-refractivity contribution in [3.05, 3.63) is 70.6 Å². The molecule has 20 heavy (non-hydrogen) atoms. The molecule has 0 atom stereocenters. The lowest BCUT2D eigenvalue weighted by Gasteiger charge is -2.03. The van der Waals surface area contributed by atoms with Crippen LogP contribution in [0.2, 0.25) is 0 Å². The summed E-state index contributed by atoms with van der Waals surface area (Å²) in [5.74, 6) is 0.153. The van der Waals surface area contributed by atoms with Crippen LogP contribution in [0, 0.1) is 5.41 Å². The maximum atomic E-state index is 7.56. The highest BCUT2D eigenvalue weighted by atomic mass is 32.1. The van der Waals surface area contributed by atoms with Gasteiger partial charge in [0.2, 0.25) is 0 Å². The largest absolute Gasteiger partial charge is 0.383 e. The molecule has 3 rings (SSSR count). The number of amidine groups is 1. The lowest BCUT2D eigenvalue weighted by molar-refractivity contribution is 0.969. The molecular formula is C17H16N2S. The second-order valence-electron chi connectivity index (χ2n) is 4.84. The topological polar surface area (TPSA) is 49.9 Å². The Morgan fingerprint density at radius 1 is 1.00 bits per heavy atom. The molecule has 0 amide bonds. The van der Waals surface area contributed by atoms with E-state index in [0.717, 1.165) is 17.7 Å². The van der Waals surface area contributed by atoms with Crippen molar-refractivity contribution in [3.8, 4) is 0 Å². The van der Waals surface area contributed by atoms with Crippen molar-refractivity contribution in [2.75, 3.05) is 0 Å². The summed E-state index contributed by atoms with van der Waals surface area (Å²) in [5, 5.41) is 8.80. The molecule has 0 saturated carbocycles. The number of aryl methyl sites for hydroxylation is 2. The molecule has 100 valence electrons. The molecule has 2 aromatic carbocycles. The summed E-state index contributed by atoms with van der Waals surface area (Å²) in [7, 11) is 0. The average Bonchev–Trinajstić information content (AvgIpc) is 2.91. The minimum Gasteiger partial charge on any atom is -0.383 e. The quantitative estimate of drug-likeness (QED) is 0.551. The van der Waals surface area contributed by atoms with E-state index in [1.165, 1.54) is 21.2 Å². The first kappa shape index (κ1) is 12.9. The van der Waals surface area contributed by atoms with Crippen molar-refractivity contribution in [3.63, 3.8) is 0 Å². The highest BCUT2D eigenvalue weighted by Gasteiger charge is 2.08. The Morgan fingerprint density at radius 2 is 1.80 bits per heavy atom. The normalized spacial score (nSPS) is 10.8. The van der Waals surface area contributed by atoms with Crippen LogP contribution in [0.15, 0.2) is 54.6 Å². The van der Waals surface area contributed by atoms with Gasteiger partial charge >= 0.3 is 0 Å². The van der Waals surface area contributed by atoms with E-state index < -0.39 is 0 Å². The standard InChI is InChI=1S/C17H16N2S/c18-17(19)16-11-14-13(7-4-8-15(14)20-16)10-9-12-5-2-1-3-6-12/h1-8,11H,9-10H2,(H3,18,19). The van der Waals surface area contributed by atoms with E-state index >= 15 is 0 Å². The number of nitrogens with one attached hydrogen (secondary N) is 1. The van der Waals surface area contributed by atoms with Crippen molar-refractivity contribution in [1.29, 1.82) is 5.41 Å². The Labute approximate surface area is 122 Å². The van der Waals surface area contributed by atoms with Gasteiger partial charge in [0.15, 0.2) is 0 Å². The predicted molar refractivity (Wildman–Crippen MR) is 86.7 cm³/mol. The zero-order valence-electron chi connectivity index (χ0n) is 11.1. The molecule has 0 aliphatic heterocycles. The minimum absolute atomic E-state index is 0.153. The highest BCUT2D eigenvalue weighted by Crippen LogP contribution is 2.28. The number of hydrogen-bond donors (Lipinski definition) is 2. The van der Waals surface area contributed by atoms with E-state index in [9.17, 15) is 0 Å². The van der Waals surface area contributed by atoms with Gasteiger partial charge in [-0.05, 0) is 41.5 Å². The third-order valence-electron chi connectivity index (χ3n) is 3.44. The van der Waals surface area contributed by atoms with Gasteiger partial charge in [0, 0.05) is 4.70 Å². The van der Waals surface area contributed by atoms with Crippen LogP contribution in [0.5, 0.6) is 0 Å². The fraction of sp³-hybridized carbons (Fsp3) is 0.118. The fourth-order valence-corrected chi connectivity index (χ4v) is 3.37. The summed E-state index contributed by atoms with van der Waals surface area (Å²) in [6, 6.07) is 18.9. The minimum atomic E-state index is 0.153. The lowest BCUT2D eigenvalue weighted by atomic mass is 10.0. The van der Waals surface area contributed by atoms with Gasteiger partial charge in [-0.15, -0.1) is 11.3 Å². The van der Waals surface area contributed by atoms with Gasteiger partial charge in [-0.25, -0.2) is 0 Å². The molecule has 0 aliphatic carbocycles. The molecule has 0 bridgehead atoms. The van der Waals surface area contributed by atoms with Crippen LogP contribution in [-0.4, -0.2) is 5.84 Å². The van der Waals surface area contributed by atoms with Crippen LogP contribution in [0.25, 0.3) is 10.1 Å². The van der Waals surface area contributed by atoms with Gasteiger partial charge in [-0.1, -0.05) is 42.5 Å². The molecule has 1 heterocycles. The van der Waals surface area contributed by atoms with Crippen molar-refractivity contribution >= 4 is 27.3 Å². The molecule has 1 aromatic heterocycles. The van der Waals surface area contributed by atoms with Crippen LogP contribution >= 0.6 is 11.3 Å². The molecule has 0 fully saturated rings. The lowest BCUT2D eigenvalue weighted by Crippen LogP contribution is -2.08. The van der Waals surface area contributed by atoms with Gasteiger partial charge in [0.05, 0.1) is 4.88 Å². The number of fused-ring (bicyclic) bond motifs is 1. The van der Waals surface area contributed by atoms with Gasteiger partial charge < -0.3 is 5.73 Å². The molecule has 2 nitrogen and oxygen atoms in total. The zero-order chi connectivity index (χ0) is 13.9. The van der Waals surface area contributed by atoms with Crippen LogP contribution < -0.4 is 5.73 Å². The zero-order valence-corrected chi connectivity index (χ0v) is 11.9. The SMILES string of the molecule is N=C(N)c1cc2c(CCc3ccccc3)cccc2s1. The van der Waals surface area contributed by atoms with Crippen LogP contribution in [-0.2, 0) is 12.8 Å². The number of benzene rings is 2.